The fourth-order valence-corrected chi connectivity index (χ4v) is 0.760. The van der Waals surface area contributed by atoms with Gasteiger partial charge in [0.15, 0.2) is 0 Å². The van der Waals surface area contributed by atoms with Crippen LogP contribution in [-0.2, 0) is 0 Å². The summed E-state index contributed by atoms with van der Waals surface area (Å²) in [6.45, 7) is 1.75. The van der Waals surface area contributed by atoms with Crippen LogP contribution in [0, 0.1) is 0 Å². The second-order valence-corrected chi connectivity index (χ2v) is 2.30. The van der Waals surface area contributed by atoms with Crippen LogP contribution in [0.25, 0.3) is 0 Å². The molecule has 0 aliphatic rings. The van der Waals surface area contributed by atoms with Gasteiger partial charge in [-0.15, -0.1) is 0 Å². The number of hydrogen-bond acceptors (Lipinski definition) is 7. The number of carboxylic acid groups (broad SMARTS) is 2. The van der Waals surface area contributed by atoms with Crippen molar-refractivity contribution in [1.29, 1.82) is 0 Å². The van der Waals surface area contributed by atoms with Crippen molar-refractivity contribution < 1.29 is 30.3 Å². The van der Waals surface area contributed by atoms with E-state index >= 15 is 0 Å². The topological polar surface area (TPSA) is 191 Å². The van der Waals surface area contributed by atoms with Gasteiger partial charge in [0.2, 0.25) is 0 Å². The van der Waals surface area contributed by atoms with Crippen molar-refractivity contribution in [2.24, 2.45) is 0 Å². The standard InChI is InChI=1S/C6H15NO3.CH2O3.2H3N/c8-4-1-7(2-5-9)3-6-10;2-1(3)4;;/h8-10H,1-6H2;(H2,2,3,4);2*1H3. The monoisotopic (exact) mass is 245 g/mol. The Hall–Kier alpha value is -0.970. The Kier molecular flexibility index (Phi) is 29.8. The van der Waals surface area contributed by atoms with Crippen LogP contribution in [0.1, 0.15) is 0 Å². The van der Waals surface area contributed by atoms with Gasteiger partial charge in [0.1, 0.15) is 0 Å². The van der Waals surface area contributed by atoms with E-state index in [1.165, 1.54) is 0 Å². The van der Waals surface area contributed by atoms with Gasteiger partial charge in [-0.05, 0) is 0 Å². The highest BCUT2D eigenvalue weighted by molar-refractivity contribution is 5.53. The van der Waals surface area contributed by atoms with Crippen molar-refractivity contribution >= 4 is 6.16 Å². The highest BCUT2D eigenvalue weighted by atomic mass is 16.6. The molecule has 0 aromatic carbocycles. The summed E-state index contributed by atoms with van der Waals surface area (Å²) in [5.74, 6) is 0. The second kappa shape index (κ2) is 19.6. The molecule has 0 rings (SSSR count). The maximum Gasteiger partial charge on any atom is 0.503 e. The van der Waals surface area contributed by atoms with Gasteiger partial charge in [-0.3, -0.25) is 4.90 Å². The Morgan fingerprint density at radius 2 is 1.00 bits per heavy atom. The highest BCUT2D eigenvalue weighted by Gasteiger charge is 2.00. The molecule has 0 heterocycles. The Balaban J connectivity index is -0.000000105. The smallest absolute Gasteiger partial charge is 0.450 e. The lowest BCUT2D eigenvalue weighted by molar-refractivity contribution is 0.135. The summed E-state index contributed by atoms with van der Waals surface area (Å²) < 4.78 is 0. The maximum absolute atomic E-state index is 8.56. The third kappa shape index (κ3) is 29.2. The largest absolute Gasteiger partial charge is 0.503 e. The maximum atomic E-state index is 8.56. The van der Waals surface area contributed by atoms with E-state index in [4.69, 9.17) is 30.3 Å². The van der Waals surface area contributed by atoms with E-state index in [-0.39, 0.29) is 32.1 Å². The van der Waals surface area contributed by atoms with Crippen LogP contribution in [0.4, 0.5) is 4.79 Å². The Labute approximate surface area is 94.1 Å². The zero-order valence-electron chi connectivity index (χ0n) is 9.25. The van der Waals surface area contributed by atoms with Gasteiger partial charge in [-0.2, -0.15) is 0 Å². The van der Waals surface area contributed by atoms with Gasteiger partial charge in [0.05, 0.1) is 19.8 Å². The molecule has 0 aromatic heterocycles. The molecule has 102 valence electrons. The van der Waals surface area contributed by atoms with E-state index in [2.05, 4.69) is 0 Å². The number of nitrogens with zero attached hydrogens (tertiary/aromatic N) is 1. The van der Waals surface area contributed by atoms with Crippen LogP contribution in [0.3, 0.4) is 0 Å². The van der Waals surface area contributed by atoms with E-state index in [1.807, 2.05) is 0 Å². The first kappa shape index (κ1) is 24.3. The minimum atomic E-state index is -1.83. The predicted octanol–water partition coefficient (Wildman–Crippen LogP) is -1.19. The van der Waals surface area contributed by atoms with Crippen molar-refractivity contribution in [3.63, 3.8) is 0 Å². The molecule has 9 nitrogen and oxygen atoms in total. The van der Waals surface area contributed by atoms with E-state index in [9.17, 15) is 0 Å². The minimum Gasteiger partial charge on any atom is -0.450 e. The molecule has 0 bridgehead atoms. The first-order chi connectivity index (χ1) is 6.58. The molecule has 0 saturated heterocycles. The first-order valence-electron chi connectivity index (χ1n) is 4.05. The summed E-state index contributed by atoms with van der Waals surface area (Å²) in [5, 5.41) is 39.4. The first-order valence-corrected chi connectivity index (χ1v) is 4.05. The molecule has 0 saturated carbocycles. The molecule has 0 amide bonds. The predicted molar refractivity (Wildman–Crippen MR) is 58.4 cm³/mol. The summed E-state index contributed by atoms with van der Waals surface area (Å²) in [4.78, 5) is 10.3. The van der Waals surface area contributed by atoms with Gasteiger partial charge in [-0.25, -0.2) is 4.79 Å². The molecule has 0 aliphatic carbocycles. The zero-order valence-corrected chi connectivity index (χ0v) is 9.25. The van der Waals surface area contributed by atoms with E-state index in [0.717, 1.165) is 0 Å². The SMILES string of the molecule is N.N.O=C(O)O.OCCN(CCO)CCO. The quantitative estimate of drug-likeness (QED) is 0.301. The van der Waals surface area contributed by atoms with Gasteiger partial charge < -0.3 is 37.8 Å². The molecule has 0 aromatic rings. The van der Waals surface area contributed by atoms with Gasteiger partial charge in [0.25, 0.3) is 0 Å². The molecule has 9 heteroatoms. The van der Waals surface area contributed by atoms with Gasteiger partial charge >= 0.3 is 6.16 Å². The fourth-order valence-electron chi connectivity index (χ4n) is 0.760. The van der Waals surface area contributed by atoms with E-state index < -0.39 is 6.16 Å². The normalized spacial score (nSPS) is 8.25. The third-order valence-electron chi connectivity index (χ3n) is 1.25. The van der Waals surface area contributed by atoms with Gasteiger partial charge in [0, 0.05) is 19.6 Å². The zero-order chi connectivity index (χ0) is 11.4. The number of hydrogen-bond donors (Lipinski definition) is 7. The van der Waals surface area contributed by atoms with Crippen molar-refractivity contribution in [2.75, 3.05) is 39.5 Å². The summed E-state index contributed by atoms with van der Waals surface area (Å²) in [6, 6.07) is 0. The average molecular weight is 245 g/mol. The van der Waals surface area contributed by atoms with Crippen LogP contribution in [0.2, 0.25) is 0 Å². The molecule has 11 N–H and O–H groups in total. The summed E-state index contributed by atoms with van der Waals surface area (Å²) >= 11 is 0. The van der Waals surface area contributed by atoms with Crippen LogP contribution in [-0.4, -0.2) is 76.0 Å². The van der Waals surface area contributed by atoms with Crippen LogP contribution in [0.15, 0.2) is 0 Å². The molecular weight excluding hydrogens is 222 g/mol. The average Bonchev–Trinajstić information content (AvgIpc) is 2.04. The summed E-state index contributed by atoms with van der Waals surface area (Å²) in [6.07, 6.45) is -1.83. The molecule has 0 radical (unpaired) electrons. The van der Waals surface area contributed by atoms with Crippen LogP contribution < -0.4 is 12.3 Å². The van der Waals surface area contributed by atoms with Crippen molar-refractivity contribution in [2.45, 2.75) is 0 Å². The lowest BCUT2D eigenvalue weighted by atomic mass is 10.4. The molecule has 0 atom stereocenters. The third-order valence-corrected chi connectivity index (χ3v) is 1.25. The molecule has 0 unspecified atom stereocenters. The number of rotatable bonds is 6. The lowest BCUT2D eigenvalue weighted by Crippen LogP contribution is -2.32. The Bertz CT molecular complexity index is 119. The van der Waals surface area contributed by atoms with E-state index in [1.54, 1.807) is 4.90 Å². The summed E-state index contributed by atoms with van der Waals surface area (Å²) in [5.41, 5.74) is 0. The number of carbonyl (C=O) groups is 1. The second-order valence-electron chi connectivity index (χ2n) is 2.30. The Morgan fingerprint density at radius 3 is 1.12 bits per heavy atom. The molecule has 0 spiro atoms. The van der Waals surface area contributed by atoms with Crippen molar-refractivity contribution in [3.05, 3.63) is 0 Å². The number of aliphatic hydroxyl groups excluding tert-OH is 3. The highest BCUT2D eigenvalue weighted by Crippen LogP contribution is 1.84. The number of aliphatic hydroxyl groups is 3. The van der Waals surface area contributed by atoms with Crippen LogP contribution >= 0.6 is 0 Å². The molecule has 0 aliphatic heterocycles. The molecular formula is C7H23N3O6. The van der Waals surface area contributed by atoms with Crippen LogP contribution in [0.5, 0.6) is 0 Å². The van der Waals surface area contributed by atoms with Crippen molar-refractivity contribution in [3.8, 4) is 0 Å². The minimum absolute atomic E-state index is 0. The molecule has 0 fully saturated rings. The fraction of sp³-hybridized carbons (Fsp3) is 0.857. The molecule has 16 heavy (non-hydrogen) atoms. The van der Waals surface area contributed by atoms with E-state index in [0.29, 0.717) is 19.6 Å². The lowest BCUT2D eigenvalue weighted by Gasteiger charge is -2.17. The van der Waals surface area contributed by atoms with Crippen molar-refractivity contribution in [1.82, 2.24) is 17.2 Å². The summed E-state index contributed by atoms with van der Waals surface area (Å²) in [7, 11) is 0. The Morgan fingerprint density at radius 1 is 0.812 bits per heavy atom. The van der Waals surface area contributed by atoms with Gasteiger partial charge in [-0.1, -0.05) is 0 Å².